The highest BCUT2D eigenvalue weighted by Crippen LogP contribution is 2.30. The summed E-state index contributed by atoms with van der Waals surface area (Å²) in [6, 6.07) is 11.9. The predicted molar refractivity (Wildman–Crippen MR) is 106 cm³/mol. The number of hydrogen-bond acceptors (Lipinski definition) is 6. The van der Waals surface area contributed by atoms with Crippen LogP contribution in [0.4, 0.5) is 5.69 Å². The Labute approximate surface area is 162 Å². The Morgan fingerprint density at radius 2 is 1.82 bits per heavy atom. The first-order valence-corrected chi connectivity index (χ1v) is 9.54. The van der Waals surface area contributed by atoms with E-state index in [2.05, 4.69) is 37.7 Å². The van der Waals surface area contributed by atoms with Gasteiger partial charge in [0, 0.05) is 50.2 Å². The second-order valence-corrected chi connectivity index (χ2v) is 6.91. The molecule has 1 fully saturated rings. The summed E-state index contributed by atoms with van der Waals surface area (Å²) in [7, 11) is 0. The zero-order chi connectivity index (χ0) is 18.9. The number of carbonyl (C=O) groups excluding carboxylic acids is 1. The first-order chi connectivity index (χ1) is 13.8. The van der Waals surface area contributed by atoms with Crippen LogP contribution in [0.3, 0.4) is 0 Å². The molecule has 0 saturated carbocycles. The fourth-order valence-electron chi connectivity index (χ4n) is 3.74. The van der Waals surface area contributed by atoms with Crippen molar-refractivity contribution >= 4 is 11.6 Å². The zero-order valence-electron chi connectivity index (χ0n) is 15.4. The molecule has 2 aromatic heterocycles. The number of carbonyl (C=O) groups is 1. The minimum Gasteiger partial charge on any atom is -0.368 e. The molecule has 2 N–H and O–H groups in total. The lowest BCUT2D eigenvalue weighted by Gasteiger charge is -2.30. The first-order valence-electron chi connectivity index (χ1n) is 9.54. The SMILES string of the molecule is O=C1NCCn2nc(-c3ccnc(-c4ccccc4N4CCNCC4)n3)cc21. The quantitative estimate of drug-likeness (QED) is 0.714. The second kappa shape index (κ2) is 7.05. The van der Waals surface area contributed by atoms with Gasteiger partial charge >= 0.3 is 0 Å². The molecule has 0 unspecified atom stereocenters. The summed E-state index contributed by atoms with van der Waals surface area (Å²) in [5.41, 5.74) is 4.13. The van der Waals surface area contributed by atoms with Crippen LogP contribution in [0.15, 0.2) is 42.6 Å². The highest BCUT2D eigenvalue weighted by Gasteiger charge is 2.21. The number of piperazine rings is 1. The zero-order valence-corrected chi connectivity index (χ0v) is 15.4. The van der Waals surface area contributed by atoms with Crippen molar-refractivity contribution in [2.75, 3.05) is 37.6 Å². The van der Waals surface area contributed by atoms with Gasteiger partial charge in [-0.2, -0.15) is 5.10 Å². The predicted octanol–water partition coefficient (Wildman–Crippen LogP) is 1.16. The maximum atomic E-state index is 12.0. The van der Waals surface area contributed by atoms with Crippen molar-refractivity contribution in [2.45, 2.75) is 6.54 Å². The average molecular weight is 375 g/mol. The molecule has 0 spiro atoms. The Morgan fingerprint density at radius 3 is 2.68 bits per heavy atom. The number of benzene rings is 1. The second-order valence-electron chi connectivity index (χ2n) is 6.91. The monoisotopic (exact) mass is 375 g/mol. The van der Waals surface area contributed by atoms with E-state index in [9.17, 15) is 4.79 Å². The Hall–Kier alpha value is -3.26. The third kappa shape index (κ3) is 3.01. The molecule has 8 nitrogen and oxygen atoms in total. The lowest BCUT2D eigenvalue weighted by molar-refractivity contribution is 0.0924. The molecule has 3 aromatic rings. The standard InChI is InChI=1S/C20H21N7O/c28-20-18-13-16(25-27(18)12-9-23-20)15-5-6-22-19(24-15)14-3-1-2-4-17(14)26-10-7-21-8-11-26/h1-6,13,21H,7-12H2,(H,23,28). The third-order valence-electron chi connectivity index (χ3n) is 5.14. The van der Waals surface area contributed by atoms with Crippen LogP contribution in [0, 0.1) is 0 Å². The summed E-state index contributed by atoms with van der Waals surface area (Å²) in [5, 5.41) is 10.8. The number of nitrogens with one attached hydrogen (secondary N) is 2. The number of para-hydroxylation sites is 1. The van der Waals surface area contributed by atoms with E-state index in [-0.39, 0.29) is 5.91 Å². The van der Waals surface area contributed by atoms with Crippen LogP contribution < -0.4 is 15.5 Å². The highest BCUT2D eigenvalue weighted by atomic mass is 16.2. The van der Waals surface area contributed by atoms with Crippen LogP contribution >= 0.6 is 0 Å². The van der Waals surface area contributed by atoms with Gasteiger partial charge in [-0.05, 0) is 24.3 Å². The van der Waals surface area contributed by atoms with E-state index in [1.165, 1.54) is 0 Å². The lowest BCUT2D eigenvalue weighted by Crippen LogP contribution is -2.43. The van der Waals surface area contributed by atoms with Gasteiger partial charge in [0.2, 0.25) is 0 Å². The normalized spacial score (nSPS) is 16.6. The molecule has 1 saturated heterocycles. The first kappa shape index (κ1) is 16.9. The van der Waals surface area contributed by atoms with E-state index in [1.54, 1.807) is 16.9 Å². The van der Waals surface area contributed by atoms with Gasteiger partial charge in [-0.15, -0.1) is 0 Å². The van der Waals surface area contributed by atoms with E-state index in [1.807, 2.05) is 18.2 Å². The van der Waals surface area contributed by atoms with Crippen molar-refractivity contribution in [3.05, 3.63) is 48.3 Å². The largest absolute Gasteiger partial charge is 0.368 e. The Morgan fingerprint density at radius 1 is 0.964 bits per heavy atom. The Bertz CT molecular complexity index is 1020. The van der Waals surface area contributed by atoms with Gasteiger partial charge in [0.15, 0.2) is 5.82 Å². The van der Waals surface area contributed by atoms with Crippen molar-refractivity contribution < 1.29 is 4.79 Å². The minimum absolute atomic E-state index is 0.0941. The number of hydrogen-bond donors (Lipinski definition) is 2. The number of fused-ring (bicyclic) bond motifs is 1. The molecule has 0 aliphatic carbocycles. The van der Waals surface area contributed by atoms with E-state index < -0.39 is 0 Å². The van der Waals surface area contributed by atoms with E-state index in [0.717, 1.165) is 43.1 Å². The number of nitrogens with zero attached hydrogens (tertiary/aromatic N) is 5. The number of aromatic nitrogens is 4. The van der Waals surface area contributed by atoms with Crippen molar-refractivity contribution in [3.8, 4) is 22.8 Å². The van der Waals surface area contributed by atoms with Crippen molar-refractivity contribution in [3.63, 3.8) is 0 Å². The molecule has 0 bridgehead atoms. The Kier molecular flexibility index (Phi) is 4.25. The van der Waals surface area contributed by atoms with Crippen molar-refractivity contribution in [2.24, 2.45) is 0 Å². The Balaban J connectivity index is 1.53. The van der Waals surface area contributed by atoms with E-state index in [4.69, 9.17) is 4.98 Å². The van der Waals surface area contributed by atoms with Gasteiger partial charge in [-0.25, -0.2) is 9.97 Å². The molecular weight excluding hydrogens is 354 g/mol. The van der Waals surface area contributed by atoms with Crippen LogP contribution in [0.1, 0.15) is 10.5 Å². The minimum atomic E-state index is -0.0941. The number of amides is 1. The maximum Gasteiger partial charge on any atom is 0.269 e. The lowest BCUT2D eigenvalue weighted by atomic mass is 10.1. The fourth-order valence-corrected chi connectivity index (χ4v) is 3.74. The molecule has 4 heterocycles. The van der Waals surface area contributed by atoms with Crippen LogP contribution in [-0.4, -0.2) is 58.4 Å². The van der Waals surface area contributed by atoms with Crippen LogP contribution in [-0.2, 0) is 6.54 Å². The third-order valence-corrected chi connectivity index (χ3v) is 5.14. The number of rotatable bonds is 3. The molecule has 142 valence electrons. The van der Waals surface area contributed by atoms with Crippen molar-refractivity contribution in [1.82, 2.24) is 30.4 Å². The van der Waals surface area contributed by atoms with Gasteiger partial charge in [0.1, 0.15) is 11.4 Å². The van der Waals surface area contributed by atoms with Gasteiger partial charge in [-0.3, -0.25) is 9.48 Å². The van der Waals surface area contributed by atoms with Gasteiger partial charge in [-0.1, -0.05) is 12.1 Å². The van der Waals surface area contributed by atoms with Crippen molar-refractivity contribution in [1.29, 1.82) is 0 Å². The summed E-state index contributed by atoms with van der Waals surface area (Å²) in [5.74, 6) is 0.574. The molecule has 8 heteroatoms. The summed E-state index contributed by atoms with van der Waals surface area (Å²) in [4.78, 5) is 23.7. The molecule has 1 amide bonds. The molecular formula is C20H21N7O. The summed E-state index contributed by atoms with van der Waals surface area (Å²) in [6.45, 7) is 5.12. The smallest absolute Gasteiger partial charge is 0.269 e. The number of anilines is 1. The summed E-state index contributed by atoms with van der Waals surface area (Å²) < 4.78 is 1.74. The van der Waals surface area contributed by atoms with Crippen LogP contribution in [0.5, 0.6) is 0 Å². The van der Waals surface area contributed by atoms with E-state index >= 15 is 0 Å². The maximum absolute atomic E-state index is 12.0. The van der Waals surface area contributed by atoms with Crippen LogP contribution in [0.25, 0.3) is 22.8 Å². The molecule has 5 rings (SSSR count). The molecule has 1 aromatic carbocycles. The molecule has 2 aliphatic rings. The van der Waals surface area contributed by atoms with E-state index in [0.29, 0.717) is 30.3 Å². The summed E-state index contributed by atoms with van der Waals surface area (Å²) in [6.07, 6.45) is 1.75. The van der Waals surface area contributed by atoms with Gasteiger partial charge in [0.05, 0.1) is 12.2 Å². The topological polar surface area (TPSA) is 88.0 Å². The fraction of sp³-hybridized carbons (Fsp3) is 0.300. The molecule has 28 heavy (non-hydrogen) atoms. The average Bonchev–Trinajstić information content (AvgIpc) is 3.20. The van der Waals surface area contributed by atoms with Crippen LogP contribution in [0.2, 0.25) is 0 Å². The highest BCUT2D eigenvalue weighted by molar-refractivity contribution is 5.94. The molecule has 0 atom stereocenters. The summed E-state index contributed by atoms with van der Waals surface area (Å²) >= 11 is 0. The van der Waals surface area contributed by atoms with Gasteiger partial charge in [0.25, 0.3) is 5.91 Å². The molecule has 0 radical (unpaired) electrons. The van der Waals surface area contributed by atoms with Gasteiger partial charge < -0.3 is 15.5 Å². The molecule has 2 aliphatic heterocycles.